The van der Waals surface area contributed by atoms with Crippen LogP contribution in [0.25, 0.3) is 0 Å². The molecule has 2 unspecified atom stereocenters. The summed E-state index contributed by atoms with van der Waals surface area (Å²) in [6.45, 7) is 4.82. The number of nitrogens with two attached hydrogens (primary N) is 1. The van der Waals surface area contributed by atoms with Gasteiger partial charge in [-0.1, -0.05) is 12.1 Å². The number of hydrogen-bond donors (Lipinski definition) is 2. The van der Waals surface area contributed by atoms with E-state index in [2.05, 4.69) is 10.2 Å². The van der Waals surface area contributed by atoms with Crippen LogP contribution in [0.15, 0.2) is 24.3 Å². The van der Waals surface area contributed by atoms with E-state index in [-0.39, 0.29) is 30.2 Å². The van der Waals surface area contributed by atoms with Crippen LogP contribution in [0.5, 0.6) is 0 Å². The number of carbonyl (C=O) groups is 1. The summed E-state index contributed by atoms with van der Waals surface area (Å²) in [5.41, 5.74) is 6.54. The van der Waals surface area contributed by atoms with Crippen LogP contribution in [-0.2, 0) is 4.79 Å². The Morgan fingerprint density at radius 1 is 1.48 bits per heavy atom. The highest BCUT2D eigenvalue weighted by Crippen LogP contribution is 2.15. The SMILES string of the molecule is CC(NC(=O)CN1CCC(CN)C1)c1ccc(F)cc1.Cl. The first-order valence-electron chi connectivity index (χ1n) is 7.05. The van der Waals surface area contributed by atoms with Gasteiger partial charge in [-0.05, 0) is 50.0 Å². The van der Waals surface area contributed by atoms with E-state index in [1.165, 1.54) is 12.1 Å². The van der Waals surface area contributed by atoms with Gasteiger partial charge >= 0.3 is 0 Å². The van der Waals surface area contributed by atoms with E-state index >= 15 is 0 Å². The molecule has 0 aromatic heterocycles. The summed E-state index contributed by atoms with van der Waals surface area (Å²) in [7, 11) is 0. The third-order valence-electron chi connectivity index (χ3n) is 3.82. The van der Waals surface area contributed by atoms with Crippen LogP contribution >= 0.6 is 12.4 Å². The number of halogens is 2. The first kappa shape index (κ1) is 17.9. The molecule has 2 rings (SSSR count). The summed E-state index contributed by atoms with van der Waals surface area (Å²) in [6.07, 6.45) is 1.07. The molecule has 4 nitrogen and oxygen atoms in total. The van der Waals surface area contributed by atoms with E-state index in [0.29, 0.717) is 19.0 Å². The highest BCUT2D eigenvalue weighted by Gasteiger charge is 2.23. The Kier molecular flexibility index (Phi) is 7.08. The molecule has 1 aliphatic heterocycles. The molecule has 3 N–H and O–H groups in total. The van der Waals surface area contributed by atoms with Crippen LogP contribution in [0.2, 0.25) is 0 Å². The number of benzene rings is 1. The molecule has 1 aromatic carbocycles. The van der Waals surface area contributed by atoms with Gasteiger partial charge in [0, 0.05) is 6.54 Å². The second-order valence-corrected chi connectivity index (χ2v) is 5.47. The maximum atomic E-state index is 12.8. The van der Waals surface area contributed by atoms with Crippen molar-refractivity contribution in [3.8, 4) is 0 Å². The van der Waals surface area contributed by atoms with Crippen molar-refractivity contribution < 1.29 is 9.18 Å². The Labute approximate surface area is 131 Å². The van der Waals surface area contributed by atoms with Crippen LogP contribution < -0.4 is 11.1 Å². The molecule has 6 heteroatoms. The minimum Gasteiger partial charge on any atom is -0.348 e. The lowest BCUT2D eigenvalue weighted by molar-refractivity contribution is -0.122. The van der Waals surface area contributed by atoms with Crippen LogP contribution in [0, 0.1) is 11.7 Å². The summed E-state index contributed by atoms with van der Waals surface area (Å²) in [4.78, 5) is 14.1. The third kappa shape index (κ3) is 5.26. The number of hydrogen-bond acceptors (Lipinski definition) is 3. The average molecular weight is 316 g/mol. The minimum atomic E-state index is -0.267. The Morgan fingerprint density at radius 3 is 2.71 bits per heavy atom. The highest BCUT2D eigenvalue weighted by molar-refractivity contribution is 5.85. The van der Waals surface area contributed by atoms with Gasteiger partial charge in [-0.2, -0.15) is 0 Å². The Bertz CT molecular complexity index is 455. The molecule has 1 aliphatic rings. The monoisotopic (exact) mass is 315 g/mol. The van der Waals surface area contributed by atoms with Gasteiger partial charge in [0.25, 0.3) is 0 Å². The second-order valence-electron chi connectivity index (χ2n) is 5.47. The lowest BCUT2D eigenvalue weighted by atomic mass is 10.1. The molecule has 0 spiro atoms. The van der Waals surface area contributed by atoms with Gasteiger partial charge in [-0.3, -0.25) is 9.69 Å². The van der Waals surface area contributed by atoms with Crippen LogP contribution in [0.3, 0.4) is 0 Å². The average Bonchev–Trinajstić information content (AvgIpc) is 2.86. The number of likely N-dealkylation sites (tertiary alicyclic amines) is 1. The van der Waals surface area contributed by atoms with Crippen molar-refractivity contribution in [3.05, 3.63) is 35.6 Å². The van der Waals surface area contributed by atoms with Gasteiger partial charge in [0.2, 0.25) is 5.91 Å². The number of amides is 1. The normalized spacial score (nSPS) is 19.9. The van der Waals surface area contributed by atoms with Crippen molar-refractivity contribution in [3.63, 3.8) is 0 Å². The number of rotatable bonds is 5. The van der Waals surface area contributed by atoms with Gasteiger partial charge in [-0.25, -0.2) is 4.39 Å². The van der Waals surface area contributed by atoms with Crippen LogP contribution in [0.4, 0.5) is 4.39 Å². The molecule has 118 valence electrons. The van der Waals surface area contributed by atoms with Gasteiger partial charge in [0.15, 0.2) is 0 Å². The lowest BCUT2D eigenvalue weighted by Crippen LogP contribution is -2.37. The quantitative estimate of drug-likeness (QED) is 0.869. The maximum absolute atomic E-state index is 12.8. The molecular weight excluding hydrogens is 293 g/mol. The zero-order valence-electron chi connectivity index (χ0n) is 12.2. The van der Waals surface area contributed by atoms with Gasteiger partial charge in [-0.15, -0.1) is 12.4 Å². The number of nitrogens with one attached hydrogen (secondary N) is 1. The van der Waals surface area contributed by atoms with Gasteiger partial charge < -0.3 is 11.1 Å². The highest BCUT2D eigenvalue weighted by atomic mass is 35.5. The van der Waals surface area contributed by atoms with Crippen LogP contribution in [-0.4, -0.2) is 37.0 Å². The molecule has 1 saturated heterocycles. The summed E-state index contributed by atoms with van der Waals surface area (Å²) in [5, 5.41) is 2.94. The maximum Gasteiger partial charge on any atom is 0.234 e. The third-order valence-corrected chi connectivity index (χ3v) is 3.82. The number of nitrogens with zero attached hydrogens (tertiary/aromatic N) is 1. The van der Waals surface area contributed by atoms with E-state index in [1.54, 1.807) is 12.1 Å². The smallest absolute Gasteiger partial charge is 0.234 e. The molecule has 0 aliphatic carbocycles. The van der Waals surface area contributed by atoms with E-state index in [1.807, 2.05) is 6.92 Å². The predicted molar refractivity (Wildman–Crippen MR) is 83.8 cm³/mol. The Morgan fingerprint density at radius 2 is 2.14 bits per heavy atom. The first-order chi connectivity index (χ1) is 9.58. The summed E-state index contributed by atoms with van der Waals surface area (Å²) < 4.78 is 12.8. The fraction of sp³-hybridized carbons (Fsp3) is 0.533. The van der Waals surface area contributed by atoms with E-state index in [4.69, 9.17) is 5.73 Å². The van der Waals surface area contributed by atoms with Crippen molar-refractivity contribution >= 4 is 18.3 Å². The van der Waals surface area contributed by atoms with Gasteiger partial charge in [0.1, 0.15) is 5.82 Å². The largest absolute Gasteiger partial charge is 0.348 e. The zero-order valence-corrected chi connectivity index (χ0v) is 13.0. The first-order valence-corrected chi connectivity index (χ1v) is 7.05. The fourth-order valence-electron chi connectivity index (χ4n) is 2.57. The van der Waals surface area contributed by atoms with E-state index in [9.17, 15) is 9.18 Å². The lowest BCUT2D eigenvalue weighted by Gasteiger charge is -2.18. The minimum absolute atomic E-state index is 0. The Hall–Kier alpha value is -1.17. The van der Waals surface area contributed by atoms with E-state index in [0.717, 1.165) is 25.1 Å². The topological polar surface area (TPSA) is 58.4 Å². The summed E-state index contributed by atoms with van der Waals surface area (Å²) in [6, 6.07) is 6.09. The number of carbonyl (C=O) groups excluding carboxylic acids is 1. The molecule has 21 heavy (non-hydrogen) atoms. The van der Waals surface area contributed by atoms with Crippen molar-refractivity contribution in [2.24, 2.45) is 11.7 Å². The zero-order chi connectivity index (χ0) is 14.5. The molecule has 1 aromatic rings. The molecule has 1 heterocycles. The van der Waals surface area contributed by atoms with Crippen molar-refractivity contribution in [2.45, 2.75) is 19.4 Å². The molecule has 1 amide bonds. The summed E-state index contributed by atoms with van der Waals surface area (Å²) in [5.74, 6) is 0.244. The molecule has 1 fully saturated rings. The molecular formula is C15H23ClFN3O. The standard InChI is InChI=1S/C15H22FN3O.ClH/c1-11(13-2-4-14(16)5-3-13)18-15(20)10-19-7-6-12(8-17)9-19;/h2-5,11-12H,6-10,17H2,1H3,(H,18,20);1H. The molecule has 0 bridgehead atoms. The van der Waals surface area contributed by atoms with Crippen molar-refractivity contribution in [1.29, 1.82) is 0 Å². The van der Waals surface area contributed by atoms with Crippen molar-refractivity contribution in [1.82, 2.24) is 10.2 Å². The van der Waals surface area contributed by atoms with Gasteiger partial charge in [0.05, 0.1) is 12.6 Å². The summed E-state index contributed by atoms with van der Waals surface area (Å²) >= 11 is 0. The molecule has 0 radical (unpaired) electrons. The molecule has 0 saturated carbocycles. The second kappa shape index (κ2) is 8.32. The van der Waals surface area contributed by atoms with Crippen molar-refractivity contribution in [2.75, 3.05) is 26.2 Å². The Balaban J connectivity index is 0.00000220. The van der Waals surface area contributed by atoms with Crippen LogP contribution in [0.1, 0.15) is 24.9 Å². The predicted octanol–water partition coefficient (Wildman–Crippen LogP) is 1.71. The van der Waals surface area contributed by atoms with E-state index < -0.39 is 0 Å². The molecule has 2 atom stereocenters. The fourth-order valence-corrected chi connectivity index (χ4v) is 2.57.